The van der Waals surface area contributed by atoms with Gasteiger partial charge in [-0.05, 0) is 56.8 Å². The lowest BCUT2D eigenvalue weighted by Gasteiger charge is -2.33. The van der Waals surface area contributed by atoms with Crippen molar-refractivity contribution >= 4 is 11.8 Å². The van der Waals surface area contributed by atoms with Crippen LogP contribution in [0, 0.1) is 6.92 Å². The van der Waals surface area contributed by atoms with Crippen LogP contribution in [0.2, 0.25) is 0 Å². The van der Waals surface area contributed by atoms with E-state index in [1.54, 1.807) is 0 Å². The molecule has 2 amide bonds. The Hall–Kier alpha value is -2.66. The molecule has 0 aliphatic carbocycles. The molecule has 0 radical (unpaired) electrons. The summed E-state index contributed by atoms with van der Waals surface area (Å²) in [6.45, 7) is 5.19. The van der Waals surface area contributed by atoms with Gasteiger partial charge in [0.2, 0.25) is 5.91 Å². The van der Waals surface area contributed by atoms with Gasteiger partial charge in [0.25, 0.3) is 5.91 Å². The van der Waals surface area contributed by atoms with Crippen molar-refractivity contribution in [1.82, 2.24) is 15.1 Å². The summed E-state index contributed by atoms with van der Waals surface area (Å²) in [6, 6.07) is 18.2. The van der Waals surface area contributed by atoms with Gasteiger partial charge in [0.05, 0.1) is 6.04 Å². The molecule has 2 aromatic rings. The molecule has 2 fully saturated rings. The van der Waals surface area contributed by atoms with Gasteiger partial charge in [-0.2, -0.15) is 0 Å². The normalized spacial score (nSPS) is 20.3. The maximum Gasteiger partial charge on any atom is 0.253 e. The number of likely N-dealkylation sites (tertiary alicyclic amines) is 2. The van der Waals surface area contributed by atoms with Gasteiger partial charge < -0.3 is 10.2 Å². The third-order valence-corrected chi connectivity index (χ3v) is 6.32. The second-order valence-electron chi connectivity index (χ2n) is 8.56. The first-order chi connectivity index (χ1) is 14.6. The molecule has 1 unspecified atom stereocenters. The molecule has 2 heterocycles. The quantitative estimate of drug-likeness (QED) is 0.830. The van der Waals surface area contributed by atoms with E-state index >= 15 is 0 Å². The zero-order valence-corrected chi connectivity index (χ0v) is 17.7. The second kappa shape index (κ2) is 9.43. The monoisotopic (exact) mass is 405 g/mol. The molecule has 0 saturated carbocycles. The number of carbonyl (C=O) groups is 2. The summed E-state index contributed by atoms with van der Waals surface area (Å²) in [7, 11) is 0. The van der Waals surface area contributed by atoms with E-state index in [1.807, 2.05) is 54.3 Å². The second-order valence-corrected chi connectivity index (χ2v) is 8.56. The van der Waals surface area contributed by atoms with Crippen LogP contribution < -0.4 is 5.32 Å². The summed E-state index contributed by atoms with van der Waals surface area (Å²) in [4.78, 5) is 29.8. The van der Waals surface area contributed by atoms with Gasteiger partial charge in [-0.3, -0.25) is 14.5 Å². The van der Waals surface area contributed by atoms with Crippen LogP contribution in [0.5, 0.6) is 0 Å². The van der Waals surface area contributed by atoms with Gasteiger partial charge >= 0.3 is 0 Å². The van der Waals surface area contributed by atoms with E-state index < -0.39 is 0 Å². The Morgan fingerprint density at radius 2 is 1.63 bits per heavy atom. The zero-order chi connectivity index (χ0) is 20.9. The van der Waals surface area contributed by atoms with E-state index in [2.05, 4.69) is 22.3 Å². The Kier molecular flexibility index (Phi) is 6.48. The zero-order valence-electron chi connectivity index (χ0n) is 17.7. The van der Waals surface area contributed by atoms with E-state index in [1.165, 1.54) is 5.56 Å². The van der Waals surface area contributed by atoms with Crippen LogP contribution in [0.4, 0.5) is 0 Å². The number of piperidine rings is 1. The van der Waals surface area contributed by atoms with E-state index in [4.69, 9.17) is 0 Å². The van der Waals surface area contributed by atoms with Crippen LogP contribution in [-0.2, 0) is 11.3 Å². The number of aryl methyl sites for hydroxylation is 1. The Labute approximate surface area is 179 Å². The topological polar surface area (TPSA) is 52.7 Å². The number of nitrogens with zero attached hydrogens (tertiary/aromatic N) is 2. The van der Waals surface area contributed by atoms with Crippen molar-refractivity contribution in [1.29, 1.82) is 0 Å². The molecule has 5 heteroatoms. The van der Waals surface area contributed by atoms with E-state index in [0.29, 0.717) is 13.1 Å². The van der Waals surface area contributed by atoms with Gasteiger partial charge in [-0.25, -0.2) is 0 Å². The van der Waals surface area contributed by atoms with Crippen molar-refractivity contribution in [3.63, 3.8) is 0 Å². The lowest BCUT2D eigenvalue weighted by atomic mass is 10.0. The minimum Gasteiger partial charge on any atom is -0.352 e. The van der Waals surface area contributed by atoms with Gasteiger partial charge in [-0.1, -0.05) is 48.0 Å². The number of hydrogen-bond acceptors (Lipinski definition) is 3. The molecule has 4 rings (SSSR count). The first-order valence-corrected chi connectivity index (χ1v) is 11.0. The van der Waals surface area contributed by atoms with Crippen LogP contribution in [-0.4, -0.2) is 53.3 Å². The number of benzene rings is 2. The smallest absolute Gasteiger partial charge is 0.253 e. The third-order valence-electron chi connectivity index (χ3n) is 6.32. The van der Waals surface area contributed by atoms with Crippen LogP contribution in [0.15, 0.2) is 54.6 Å². The summed E-state index contributed by atoms with van der Waals surface area (Å²) in [5, 5.41) is 3.26. The maximum absolute atomic E-state index is 12.9. The number of hydrogen-bond donors (Lipinski definition) is 1. The Bertz CT molecular complexity index is 858. The van der Waals surface area contributed by atoms with Crippen molar-refractivity contribution in [2.75, 3.05) is 19.6 Å². The Balaban J connectivity index is 1.27. The minimum absolute atomic E-state index is 0.0440. The van der Waals surface area contributed by atoms with E-state index in [9.17, 15) is 9.59 Å². The molecule has 0 bridgehead atoms. The molecule has 1 N–H and O–H groups in total. The molecule has 2 aliphatic rings. The van der Waals surface area contributed by atoms with Gasteiger partial charge in [0, 0.05) is 31.2 Å². The van der Waals surface area contributed by atoms with Crippen LogP contribution in [0.3, 0.4) is 0 Å². The highest BCUT2D eigenvalue weighted by Crippen LogP contribution is 2.21. The highest BCUT2D eigenvalue weighted by atomic mass is 16.2. The predicted molar refractivity (Wildman–Crippen MR) is 118 cm³/mol. The number of nitrogens with one attached hydrogen (secondary N) is 1. The average Bonchev–Trinajstić information content (AvgIpc) is 3.23. The standard InChI is InChI=1S/C25H31N3O2/c1-19-9-11-21(12-10-19)25(30)27-16-13-22(14-17-27)26-24(29)23-8-5-15-28(23)18-20-6-3-2-4-7-20/h2-4,6-7,9-12,22-23H,5,8,13-18H2,1H3,(H,26,29). The van der Waals surface area contributed by atoms with Crippen LogP contribution >= 0.6 is 0 Å². The van der Waals surface area contributed by atoms with Crippen LogP contribution in [0.1, 0.15) is 47.2 Å². The molecule has 2 aromatic carbocycles. The maximum atomic E-state index is 12.9. The molecule has 158 valence electrons. The molecular weight excluding hydrogens is 374 g/mol. The molecular formula is C25H31N3O2. The fourth-order valence-electron chi connectivity index (χ4n) is 4.53. The van der Waals surface area contributed by atoms with Gasteiger partial charge in [0.1, 0.15) is 0 Å². The van der Waals surface area contributed by atoms with Crippen LogP contribution in [0.25, 0.3) is 0 Å². The van der Waals surface area contributed by atoms with Gasteiger partial charge in [0.15, 0.2) is 0 Å². The fraction of sp³-hybridized carbons (Fsp3) is 0.440. The minimum atomic E-state index is -0.0440. The lowest BCUT2D eigenvalue weighted by molar-refractivity contribution is -0.126. The van der Waals surface area contributed by atoms with Crippen molar-refractivity contribution in [3.8, 4) is 0 Å². The molecule has 2 saturated heterocycles. The first kappa shape index (κ1) is 20.6. The summed E-state index contributed by atoms with van der Waals surface area (Å²) in [5.41, 5.74) is 3.15. The lowest BCUT2D eigenvalue weighted by Crippen LogP contribution is -2.51. The molecule has 0 spiro atoms. The van der Waals surface area contributed by atoms with Crippen molar-refractivity contribution in [3.05, 3.63) is 71.3 Å². The summed E-state index contributed by atoms with van der Waals surface area (Å²) >= 11 is 0. The molecule has 5 nitrogen and oxygen atoms in total. The predicted octanol–water partition coefficient (Wildman–Crippen LogP) is 3.38. The third kappa shape index (κ3) is 4.90. The van der Waals surface area contributed by atoms with Crippen molar-refractivity contribution < 1.29 is 9.59 Å². The fourth-order valence-corrected chi connectivity index (χ4v) is 4.53. The summed E-state index contributed by atoms with van der Waals surface area (Å²) in [5.74, 6) is 0.233. The van der Waals surface area contributed by atoms with Crippen molar-refractivity contribution in [2.45, 2.75) is 51.2 Å². The first-order valence-electron chi connectivity index (χ1n) is 11.0. The number of rotatable bonds is 5. The average molecular weight is 406 g/mol. The van der Waals surface area contributed by atoms with E-state index in [0.717, 1.165) is 49.9 Å². The largest absolute Gasteiger partial charge is 0.352 e. The Morgan fingerprint density at radius 3 is 2.33 bits per heavy atom. The van der Waals surface area contributed by atoms with Gasteiger partial charge in [-0.15, -0.1) is 0 Å². The summed E-state index contributed by atoms with van der Waals surface area (Å²) < 4.78 is 0. The highest BCUT2D eigenvalue weighted by molar-refractivity contribution is 5.94. The number of amides is 2. The molecule has 30 heavy (non-hydrogen) atoms. The summed E-state index contributed by atoms with van der Waals surface area (Å²) in [6.07, 6.45) is 3.61. The molecule has 2 aliphatic heterocycles. The van der Waals surface area contributed by atoms with E-state index in [-0.39, 0.29) is 23.9 Å². The number of carbonyl (C=O) groups excluding carboxylic acids is 2. The SMILES string of the molecule is Cc1ccc(C(=O)N2CCC(NC(=O)C3CCCN3Cc3ccccc3)CC2)cc1. The van der Waals surface area contributed by atoms with Crippen molar-refractivity contribution in [2.24, 2.45) is 0 Å². The molecule has 1 atom stereocenters. The Morgan fingerprint density at radius 1 is 0.933 bits per heavy atom. The molecule has 0 aromatic heterocycles. The highest BCUT2D eigenvalue weighted by Gasteiger charge is 2.32.